The van der Waals surface area contributed by atoms with Crippen LogP contribution in [-0.2, 0) is 17.8 Å². The lowest BCUT2D eigenvalue weighted by Gasteiger charge is -2.24. The van der Waals surface area contributed by atoms with Gasteiger partial charge >= 0.3 is 0 Å². The first kappa shape index (κ1) is 18.3. The van der Waals surface area contributed by atoms with E-state index in [0.29, 0.717) is 29.3 Å². The van der Waals surface area contributed by atoms with Crippen LogP contribution < -0.4 is 10.9 Å². The standard InChI is InChI=1S/C20H23BrN4O2/c21-19-18(24-17-10-14-1-3-15(17)9-14)11-23-25(20(19)27)12-16(26)4-2-13-5-7-22-8-6-13/h5-8,11,14-15,17,24H,1-4,9-10,12H2. The molecule has 3 unspecified atom stereocenters. The van der Waals surface area contributed by atoms with E-state index in [9.17, 15) is 9.59 Å². The van der Waals surface area contributed by atoms with Crippen LogP contribution in [0.5, 0.6) is 0 Å². The molecule has 0 amide bonds. The van der Waals surface area contributed by atoms with Crippen LogP contribution in [0.25, 0.3) is 0 Å². The van der Waals surface area contributed by atoms with Gasteiger partial charge in [0.1, 0.15) is 11.0 Å². The zero-order valence-corrected chi connectivity index (χ0v) is 16.7. The minimum atomic E-state index is -0.264. The number of carbonyl (C=O) groups is 1. The third-order valence-electron chi connectivity index (χ3n) is 5.83. The lowest BCUT2D eigenvalue weighted by Crippen LogP contribution is -2.31. The number of halogens is 1. The molecule has 2 heterocycles. The van der Waals surface area contributed by atoms with Gasteiger partial charge in [0.2, 0.25) is 0 Å². The maximum Gasteiger partial charge on any atom is 0.283 e. The Morgan fingerprint density at radius 1 is 1.26 bits per heavy atom. The van der Waals surface area contributed by atoms with Crippen molar-refractivity contribution >= 4 is 27.4 Å². The summed E-state index contributed by atoms with van der Waals surface area (Å²) < 4.78 is 1.70. The second kappa shape index (κ2) is 7.92. The zero-order valence-electron chi connectivity index (χ0n) is 15.1. The van der Waals surface area contributed by atoms with Crippen LogP contribution in [-0.4, -0.2) is 26.6 Å². The van der Waals surface area contributed by atoms with Gasteiger partial charge in [0, 0.05) is 24.9 Å². The summed E-state index contributed by atoms with van der Waals surface area (Å²) in [6.45, 7) is -0.00305. The predicted octanol–water partition coefficient (Wildman–Crippen LogP) is 3.20. The Kier molecular flexibility index (Phi) is 5.38. The van der Waals surface area contributed by atoms with Gasteiger partial charge in [-0.1, -0.05) is 6.42 Å². The molecule has 142 valence electrons. The quantitative estimate of drug-likeness (QED) is 0.729. The summed E-state index contributed by atoms with van der Waals surface area (Å²) in [6, 6.07) is 4.22. The highest BCUT2D eigenvalue weighted by Gasteiger charge is 2.39. The SMILES string of the molecule is O=C(CCc1ccncc1)Cn1ncc(NC2CC3CCC2C3)c(Br)c1=O. The van der Waals surface area contributed by atoms with Crippen molar-refractivity contribution in [2.45, 2.75) is 51.1 Å². The molecule has 2 aromatic rings. The molecular formula is C20H23BrN4O2. The van der Waals surface area contributed by atoms with Crippen molar-refractivity contribution < 1.29 is 4.79 Å². The molecule has 2 fully saturated rings. The topological polar surface area (TPSA) is 76.9 Å². The van der Waals surface area contributed by atoms with Gasteiger partial charge in [0.25, 0.3) is 5.56 Å². The van der Waals surface area contributed by atoms with E-state index in [1.807, 2.05) is 12.1 Å². The molecule has 0 aliphatic heterocycles. The van der Waals surface area contributed by atoms with Gasteiger partial charge in [0.05, 0.1) is 11.9 Å². The minimum Gasteiger partial charge on any atom is -0.380 e. The highest BCUT2D eigenvalue weighted by atomic mass is 79.9. The van der Waals surface area contributed by atoms with E-state index in [1.54, 1.807) is 18.6 Å². The number of aromatic nitrogens is 3. The Labute approximate surface area is 166 Å². The predicted molar refractivity (Wildman–Crippen MR) is 107 cm³/mol. The van der Waals surface area contributed by atoms with Crippen LogP contribution in [0.1, 0.15) is 37.7 Å². The number of carbonyl (C=O) groups excluding carboxylic acids is 1. The fourth-order valence-corrected chi connectivity index (χ4v) is 4.80. The van der Waals surface area contributed by atoms with Crippen molar-refractivity contribution in [2.24, 2.45) is 11.8 Å². The van der Waals surface area contributed by atoms with Gasteiger partial charge in [-0.25, -0.2) is 4.68 Å². The normalized spacial score (nSPS) is 23.5. The van der Waals surface area contributed by atoms with Crippen molar-refractivity contribution in [3.8, 4) is 0 Å². The summed E-state index contributed by atoms with van der Waals surface area (Å²) in [5.41, 5.74) is 1.53. The van der Waals surface area contributed by atoms with Crippen LogP contribution in [0.4, 0.5) is 5.69 Å². The summed E-state index contributed by atoms with van der Waals surface area (Å²) in [5.74, 6) is 1.53. The van der Waals surface area contributed by atoms with Crippen LogP contribution in [0.15, 0.2) is 40.0 Å². The van der Waals surface area contributed by atoms with Crippen LogP contribution in [0.3, 0.4) is 0 Å². The number of aryl methyl sites for hydroxylation is 1. The van der Waals surface area contributed by atoms with Crippen molar-refractivity contribution in [1.29, 1.82) is 0 Å². The van der Waals surface area contributed by atoms with Gasteiger partial charge in [0.15, 0.2) is 5.78 Å². The lowest BCUT2D eigenvalue weighted by molar-refractivity contribution is -0.119. The average Bonchev–Trinajstić information content (AvgIpc) is 3.30. The molecule has 6 nitrogen and oxygen atoms in total. The number of pyridine rings is 1. The Bertz CT molecular complexity index is 883. The fourth-order valence-electron chi connectivity index (χ4n) is 4.38. The number of fused-ring (bicyclic) bond motifs is 2. The summed E-state index contributed by atoms with van der Waals surface area (Å²) in [7, 11) is 0. The highest BCUT2D eigenvalue weighted by Crippen LogP contribution is 2.45. The average molecular weight is 431 g/mol. The Morgan fingerprint density at radius 3 is 2.78 bits per heavy atom. The smallest absolute Gasteiger partial charge is 0.283 e. The second-order valence-corrected chi connectivity index (χ2v) is 8.45. The molecule has 0 radical (unpaired) electrons. The summed E-state index contributed by atoms with van der Waals surface area (Å²) in [4.78, 5) is 28.8. The monoisotopic (exact) mass is 430 g/mol. The number of nitrogens with one attached hydrogen (secondary N) is 1. The summed E-state index contributed by atoms with van der Waals surface area (Å²) in [5, 5.41) is 7.71. The summed E-state index contributed by atoms with van der Waals surface area (Å²) >= 11 is 3.40. The summed E-state index contributed by atoms with van der Waals surface area (Å²) in [6.07, 6.45) is 11.2. The first-order valence-corrected chi connectivity index (χ1v) is 10.3. The Balaban J connectivity index is 1.38. The van der Waals surface area contributed by atoms with Crippen molar-refractivity contribution in [3.63, 3.8) is 0 Å². The zero-order chi connectivity index (χ0) is 18.8. The van der Waals surface area contributed by atoms with Gasteiger partial charge < -0.3 is 5.32 Å². The molecule has 2 bridgehead atoms. The van der Waals surface area contributed by atoms with E-state index < -0.39 is 0 Å². The van der Waals surface area contributed by atoms with Crippen molar-refractivity contribution in [3.05, 3.63) is 51.1 Å². The molecule has 2 aliphatic rings. The van der Waals surface area contributed by atoms with Crippen LogP contribution in [0.2, 0.25) is 0 Å². The van der Waals surface area contributed by atoms with Crippen molar-refractivity contribution in [2.75, 3.05) is 5.32 Å². The van der Waals surface area contributed by atoms with Gasteiger partial charge in [-0.3, -0.25) is 14.6 Å². The molecule has 0 aromatic carbocycles. The fraction of sp³-hybridized carbons (Fsp3) is 0.500. The van der Waals surface area contributed by atoms with E-state index in [4.69, 9.17) is 0 Å². The van der Waals surface area contributed by atoms with Crippen molar-refractivity contribution in [1.82, 2.24) is 14.8 Å². The number of anilines is 1. The van der Waals surface area contributed by atoms with Crippen LogP contribution >= 0.6 is 15.9 Å². The molecule has 7 heteroatoms. The molecule has 27 heavy (non-hydrogen) atoms. The number of ketones is 1. The molecule has 4 rings (SSSR count). The second-order valence-electron chi connectivity index (χ2n) is 7.65. The van der Waals surface area contributed by atoms with E-state index in [1.165, 1.54) is 30.4 Å². The first-order valence-electron chi connectivity index (χ1n) is 9.53. The minimum absolute atomic E-state index is 0.00305. The number of hydrogen-bond acceptors (Lipinski definition) is 5. The maximum absolute atomic E-state index is 12.6. The number of Topliss-reactive ketones (excluding diaryl/α,β-unsaturated/α-hetero) is 1. The third kappa shape index (κ3) is 4.13. The number of rotatable bonds is 7. The Morgan fingerprint density at radius 2 is 2.07 bits per heavy atom. The lowest BCUT2D eigenvalue weighted by atomic mass is 9.95. The molecule has 3 atom stereocenters. The highest BCUT2D eigenvalue weighted by molar-refractivity contribution is 9.10. The maximum atomic E-state index is 12.6. The number of hydrogen-bond donors (Lipinski definition) is 1. The first-order chi connectivity index (χ1) is 13.1. The van der Waals surface area contributed by atoms with Crippen LogP contribution in [0, 0.1) is 11.8 Å². The molecule has 1 N–H and O–H groups in total. The van der Waals surface area contributed by atoms with Gasteiger partial charge in [-0.05, 0) is 71.1 Å². The van der Waals surface area contributed by atoms with E-state index in [0.717, 1.165) is 17.2 Å². The molecule has 2 aromatic heterocycles. The third-order valence-corrected chi connectivity index (χ3v) is 6.60. The number of nitrogens with zero attached hydrogens (tertiary/aromatic N) is 3. The molecule has 2 aliphatic carbocycles. The molecule has 0 saturated heterocycles. The van der Waals surface area contributed by atoms with E-state index >= 15 is 0 Å². The van der Waals surface area contributed by atoms with Gasteiger partial charge in [-0.2, -0.15) is 5.10 Å². The molecule has 0 spiro atoms. The molecular weight excluding hydrogens is 408 g/mol. The van der Waals surface area contributed by atoms with E-state index in [2.05, 4.69) is 31.3 Å². The largest absolute Gasteiger partial charge is 0.380 e. The van der Waals surface area contributed by atoms with E-state index in [-0.39, 0.29) is 17.9 Å². The molecule has 2 saturated carbocycles. The van der Waals surface area contributed by atoms with Gasteiger partial charge in [-0.15, -0.1) is 0 Å². The Hall–Kier alpha value is -2.02.